The molecule has 0 atom stereocenters. The van der Waals surface area contributed by atoms with Crippen molar-refractivity contribution in [3.8, 4) is 5.75 Å². The van der Waals surface area contributed by atoms with Crippen molar-refractivity contribution in [3.05, 3.63) is 53.6 Å². The lowest BCUT2D eigenvalue weighted by atomic mass is 10.1. The third-order valence-electron chi connectivity index (χ3n) is 5.73. The lowest BCUT2D eigenvalue weighted by Crippen LogP contribution is -2.33. The van der Waals surface area contributed by atoms with E-state index in [1.165, 1.54) is 23.5 Å². The van der Waals surface area contributed by atoms with E-state index in [9.17, 15) is 13.2 Å². The number of methoxy groups -OCH3 is 1. The Morgan fingerprint density at radius 3 is 2.41 bits per heavy atom. The molecule has 2 aliphatic heterocycles. The summed E-state index contributed by atoms with van der Waals surface area (Å²) in [6, 6.07) is 12.1. The minimum absolute atomic E-state index is 0.119. The number of carbonyl (C=O) groups excluding carboxylic acids is 1. The molecular weight excluding hydrogens is 388 g/mol. The summed E-state index contributed by atoms with van der Waals surface area (Å²) >= 11 is 0. The van der Waals surface area contributed by atoms with E-state index in [-0.39, 0.29) is 10.8 Å². The monoisotopic (exact) mass is 414 g/mol. The second kappa shape index (κ2) is 8.06. The second-order valence-corrected chi connectivity index (χ2v) is 9.39. The van der Waals surface area contributed by atoms with Crippen LogP contribution in [0.4, 0.5) is 5.69 Å². The zero-order valence-electron chi connectivity index (χ0n) is 16.6. The first-order chi connectivity index (χ1) is 14.0. The number of hydrogen-bond donors (Lipinski definition) is 0. The van der Waals surface area contributed by atoms with Gasteiger partial charge in [0.2, 0.25) is 0 Å². The smallest absolute Gasteiger partial charge is 0.264 e. The van der Waals surface area contributed by atoms with E-state index >= 15 is 0 Å². The van der Waals surface area contributed by atoms with Crippen molar-refractivity contribution in [2.75, 3.05) is 31.0 Å². The number of anilines is 1. The number of nitrogens with zero attached hydrogens (tertiary/aromatic N) is 2. The molecule has 2 heterocycles. The maximum absolute atomic E-state index is 13.4. The van der Waals surface area contributed by atoms with Crippen molar-refractivity contribution < 1.29 is 17.9 Å². The van der Waals surface area contributed by atoms with Gasteiger partial charge in [-0.3, -0.25) is 9.10 Å². The van der Waals surface area contributed by atoms with E-state index < -0.39 is 10.0 Å². The third kappa shape index (κ3) is 3.71. The lowest BCUT2D eigenvalue weighted by molar-refractivity contribution is 0.0758. The van der Waals surface area contributed by atoms with Crippen LogP contribution >= 0.6 is 0 Å². The van der Waals surface area contributed by atoms with Gasteiger partial charge in [0.25, 0.3) is 15.9 Å². The average Bonchev–Trinajstić information content (AvgIpc) is 3.00. The van der Waals surface area contributed by atoms with Crippen molar-refractivity contribution in [2.24, 2.45) is 0 Å². The lowest BCUT2D eigenvalue weighted by Gasteiger charge is -2.23. The molecule has 154 valence electrons. The van der Waals surface area contributed by atoms with Crippen LogP contribution in [0.25, 0.3) is 0 Å². The summed E-state index contributed by atoms with van der Waals surface area (Å²) in [4.78, 5) is 15.1. The molecule has 0 N–H and O–H groups in total. The Morgan fingerprint density at radius 2 is 1.69 bits per heavy atom. The molecule has 0 spiro atoms. The molecule has 2 aromatic carbocycles. The highest BCUT2D eigenvalue weighted by atomic mass is 32.2. The zero-order valence-corrected chi connectivity index (χ0v) is 17.5. The van der Waals surface area contributed by atoms with Crippen molar-refractivity contribution in [1.29, 1.82) is 0 Å². The fourth-order valence-electron chi connectivity index (χ4n) is 4.14. The molecule has 0 unspecified atom stereocenters. The fraction of sp³-hybridized carbons (Fsp3) is 0.409. The van der Waals surface area contributed by atoms with E-state index in [4.69, 9.17) is 4.74 Å². The van der Waals surface area contributed by atoms with Crippen LogP contribution in [0.1, 0.15) is 41.6 Å². The maximum atomic E-state index is 13.4. The predicted molar refractivity (Wildman–Crippen MR) is 112 cm³/mol. The summed E-state index contributed by atoms with van der Waals surface area (Å²) in [5.41, 5.74) is 2.04. The quantitative estimate of drug-likeness (QED) is 0.768. The molecule has 0 bridgehead atoms. The summed E-state index contributed by atoms with van der Waals surface area (Å²) in [5.74, 6) is 0.239. The maximum Gasteiger partial charge on any atom is 0.264 e. The number of fused-ring (bicyclic) bond motifs is 1. The van der Waals surface area contributed by atoms with E-state index in [0.29, 0.717) is 43.1 Å². The molecule has 0 saturated carbocycles. The number of ether oxygens (including phenoxy) is 1. The van der Waals surface area contributed by atoms with Crippen molar-refractivity contribution in [1.82, 2.24) is 4.90 Å². The van der Waals surface area contributed by atoms with E-state index in [1.54, 1.807) is 6.07 Å². The van der Waals surface area contributed by atoms with Crippen LogP contribution in [-0.4, -0.2) is 46.0 Å². The fourth-order valence-corrected chi connectivity index (χ4v) is 5.67. The van der Waals surface area contributed by atoms with Gasteiger partial charge in [0.15, 0.2) is 0 Å². The average molecular weight is 415 g/mol. The first kappa shape index (κ1) is 19.8. The van der Waals surface area contributed by atoms with Crippen molar-refractivity contribution in [3.63, 3.8) is 0 Å². The number of sulfonamides is 1. The molecule has 1 saturated heterocycles. The molecule has 2 aromatic rings. The third-order valence-corrected chi connectivity index (χ3v) is 7.54. The van der Waals surface area contributed by atoms with E-state index in [2.05, 4.69) is 0 Å². The van der Waals surface area contributed by atoms with Crippen LogP contribution < -0.4 is 9.04 Å². The first-order valence-electron chi connectivity index (χ1n) is 10.1. The van der Waals surface area contributed by atoms with Gasteiger partial charge in [0.1, 0.15) is 5.75 Å². The van der Waals surface area contributed by atoms with Gasteiger partial charge in [-0.05, 0) is 49.1 Å². The van der Waals surface area contributed by atoms with Gasteiger partial charge in [-0.15, -0.1) is 0 Å². The van der Waals surface area contributed by atoms with Gasteiger partial charge >= 0.3 is 0 Å². The predicted octanol–water partition coefficient (Wildman–Crippen LogP) is 3.46. The Kier molecular flexibility index (Phi) is 5.50. The number of likely N-dealkylation sites (tertiary alicyclic amines) is 1. The minimum atomic E-state index is -3.76. The summed E-state index contributed by atoms with van der Waals surface area (Å²) in [6.45, 7) is 1.79. The van der Waals surface area contributed by atoms with E-state index in [1.807, 2.05) is 29.2 Å². The molecule has 0 aliphatic carbocycles. The van der Waals surface area contributed by atoms with Crippen molar-refractivity contribution >= 4 is 21.6 Å². The molecule has 6 nitrogen and oxygen atoms in total. The van der Waals surface area contributed by atoms with Gasteiger partial charge in [0, 0.05) is 19.6 Å². The zero-order chi connectivity index (χ0) is 20.4. The number of para-hydroxylation sites is 1. The van der Waals surface area contributed by atoms with Gasteiger partial charge in [-0.1, -0.05) is 31.0 Å². The van der Waals surface area contributed by atoms with Gasteiger partial charge < -0.3 is 9.64 Å². The van der Waals surface area contributed by atoms with Crippen LogP contribution in [0.5, 0.6) is 5.75 Å². The summed E-state index contributed by atoms with van der Waals surface area (Å²) in [5, 5.41) is 0. The summed E-state index contributed by atoms with van der Waals surface area (Å²) in [6.07, 6.45) is 4.85. The molecule has 7 heteroatoms. The first-order valence-corrected chi connectivity index (χ1v) is 11.5. The second-order valence-electron chi connectivity index (χ2n) is 7.52. The number of hydrogen-bond acceptors (Lipinski definition) is 4. The number of carbonyl (C=O) groups is 1. The Bertz CT molecular complexity index is 1010. The number of rotatable bonds is 4. The normalized spacial score (nSPS) is 17.0. The standard InChI is InChI=1S/C22H26N2O4S/c1-28-21-11-10-18(16-19(21)22(25)23-13-6-2-3-7-14-23)29(26,27)24-15-12-17-8-4-5-9-20(17)24/h4-5,8-11,16H,2-3,6-7,12-15H2,1H3. The molecule has 1 fully saturated rings. The Morgan fingerprint density at radius 1 is 0.966 bits per heavy atom. The van der Waals surface area contributed by atoms with Crippen LogP contribution in [0.3, 0.4) is 0 Å². The highest BCUT2D eigenvalue weighted by molar-refractivity contribution is 7.92. The molecule has 0 radical (unpaired) electrons. The number of amides is 1. The largest absolute Gasteiger partial charge is 0.496 e. The van der Waals surface area contributed by atoms with Gasteiger partial charge in [-0.25, -0.2) is 8.42 Å². The highest BCUT2D eigenvalue weighted by Gasteiger charge is 2.32. The minimum Gasteiger partial charge on any atom is -0.496 e. The van der Waals surface area contributed by atoms with Crippen molar-refractivity contribution in [2.45, 2.75) is 37.0 Å². The number of benzene rings is 2. The SMILES string of the molecule is COc1ccc(S(=O)(=O)N2CCc3ccccc32)cc1C(=O)N1CCCCCC1. The van der Waals surface area contributed by atoms with Crippen LogP contribution in [0.2, 0.25) is 0 Å². The Balaban J connectivity index is 1.70. The van der Waals surface area contributed by atoms with Gasteiger partial charge in [-0.2, -0.15) is 0 Å². The molecule has 2 aliphatic rings. The molecule has 0 aromatic heterocycles. The summed E-state index contributed by atoms with van der Waals surface area (Å²) < 4.78 is 33.5. The highest BCUT2D eigenvalue weighted by Crippen LogP contribution is 2.34. The molecule has 4 rings (SSSR count). The van der Waals surface area contributed by atoms with E-state index in [0.717, 1.165) is 31.2 Å². The van der Waals surface area contributed by atoms with Crippen LogP contribution in [-0.2, 0) is 16.4 Å². The van der Waals surface area contributed by atoms with Crippen LogP contribution in [0, 0.1) is 0 Å². The summed E-state index contributed by atoms with van der Waals surface area (Å²) in [7, 11) is -2.26. The topological polar surface area (TPSA) is 66.9 Å². The molecule has 1 amide bonds. The molecule has 29 heavy (non-hydrogen) atoms. The Labute approximate surface area is 172 Å². The van der Waals surface area contributed by atoms with Gasteiger partial charge in [0.05, 0.1) is 23.3 Å². The Hall–Kier alpha value is -2.54. The van der Waals surface area contributed by atoms with Crippen LogP contribution in [0.15, 0.2) is 47.4 Å². The molecular formula is C22H26N2O4S.